The second-order valence-corrected chi connectivity index (χ2v) is 19.5. The largest absolute Gasteiger partial charge is 0.462 e. The van der Waals surface area contributed by atoms with Crippen LogP contribution in [0.25, 0.3) is 0 Å². The number of allylic oxidation sites excluding steroid dienone is 10. The average Bonchev–Trinajstić information content (AvgIpc) is 3.34. The van der Waals surface area contributed by atoms with Gasteiger partial charge in [0.25, 0.3) is 0 Å². The molecular weight excluding hydrogens is 841 g/mol. The third kappa shape index (κ3) is 54.1. The van der Waals surface area contributed by atoms with Crippen molar-refractivity contribution in [2.75, 3.05) is 13.2 Å². The van der Waals surface area contributed by atoms with Crippen molar-refractivity contribution in [3.8, 4) is 0 Å². The highest BCUT2D eigenvalue weighted by Gasteiger charge is 2.19. The molecule has 0 heterocycles. The van der Waals surface area contributed by atoms with Crippen LogP contribution in [0.5, 0.6) is 0 Å². The molecule has 0 aliphatic carbocycles. The van der Waals surface area contributed by atoms with Gasteiger partial charge in [0.2, 0.25) is 0 Å². The molecule has 0 aromatic heterocycles. The maximum absolute atomic E-state index is 12.7. The molecule has 0 N–H and O–H groups in total. The lowest BCUT2D eigenvalue weighted by Crippen LogP contribution is -2.30. The summed E-state index contributed by atoms with van der Waals surface area (Å²) in [6, 6.07) is 0. The van der Waals surface area contributed by atoms with Gasteiger partial charge in [0.05, 0.1) is 0 Å². The Morgan fingerprint density at radius 2 is 0.574 bits per heavy atom. The molecule has 0 rings (SSSR count). The average molecular weight is 952 g/mol. The Labute approximate surface area is 421 Å². The van der Waals surface area contributed by atoms with E-state index in [2.05, 4.69) is 81.5 Å². The minimum absolute atomic E-state index is 0.0738. The van der Waals surface area contributed by atoms with Gasteiger partial charge in [0, 0.05) is 19.3 Å². The van der Waals surface area contributed by atoms with E-state index >= 15 is 0 Å². The van der Waals surface area contributed by atoms with E-state index in [1.165, 1.54) is 167 Å². The molecule has 0 radical (unpaired) electrons. The van der Waals surface area contributed by atoms with Crippen LogP contribution in [-0.4, -0.2) is 37.2 Å². The fourth-order valence-electron chi connectivity index (χ4n) is 8.37. The smallest absolute Gasteiger partial charge is 0.306 e. The number of ether oxygens (including phenoxy) is 3. The molecule has 0 aliphatic rings. The Bertz CT molecular complexity index is 1230. The predicted molar refractivity (Wildman–Crippen MR) is 293 cm³/mol. The van der Waals surface area contributed by atoms with E-state index in [9.17, 15) is 14.4 Å². The summed E-state index contributed by atoms with van der Waals surface area (Å²) in [7, 11) is 0. The van der Waals surface area contributed by atoms with Crippen molar-refractivity contribution in [2.24, 2.45) is 0 Å². The molecule has 0 saturated carbocycles. The van der Waals surface area contributed by atoms with E-state index in [0.29, 0.717) is 19.3 Å². The summed E-state index contributed by atoms with van der Waals surface area (Å²) in [4.78, 5) is 37.8. The molecule has 6 heteroatoms. The first-order valence-electron chi connectivity index (χ1n) is 29.3. The first kappa shape index (κ1) is 65.1. The lowest BCUT2D eigenvalue weighted by atomic mass is 10.0. The number of esters is 3. The van der Waals surface area contributed by atoms with Crippen LogP contribution in [0.3, 0.4) is 0 Å². The molecule has 0 aliphatic heterocycles. The Kier molecular flexibility index (Phi) is 54.3. The third-order valence-electron chi connectivity index (χ3n) is 12.8. The lowest BCUT2D eigenvalue weighted by Gasteiger charge is -2.18. The van der Waals surface area contributed by atoms with Gasteiger partial charge in [0.15, 0.2) is 6.10 Å². The molecule has 0 fully saturated rings. The van der Waals surface area contributed by atoms with E-state index in [1.54, 1.807) is 0 Å². The fraction of sp³-hybridized carbons (Fsp3) is 0.790. The van der Waals surface area contributed by atoms with Crippen LogP contribution in [-0.2, 0) is 28.6 Å². The fourth-order valence-corrected chi connectivity index (χ4v) is 8.37. The summed E-state index contributed by atoms with van der Waals surface area (Å²) in [6.45, 7) is 6.46. The molecule has 394 valence electrons. The quantitative estimate of drug-likeness (QED) is 0.0262. The zero-order valence-electron chi connectivity index (χ0n) is 45.1. The molecule has 0 saturated heterocycles. The Balaban J connectivity index is 3.96. The van der Waals surface area contributed by atoms with Crippen LogP contribution in [0.2, 0.25) is 0 Å². The van der Waals surface area contributed by atoms with Crippen LogP contribution < -0.4 is 0 Å². The Morgan fingerprint density at radius 1 is 0.309 bits per heavy atom. The normalized spacial score (nSPS) is 12.5. The van der Waals surface area contributed by atoms with Gasteiger partial charge in [-0.1, -0.05) is 255 Å². The zero-order chi connectivity index (χ0) is 49.3. The van der Waals surface area contributed by atoms with Gasteiger partial charge in [-0.15, -0.1) is 0 Å². The van der Waals surface area contributed by atoms with Gasteiger partial charge < -0.3 is 14.2 Å². The number of rotatable bonds is 53. The number of hydrogen-bond acceptors (Lipinski definition) is 6. The molecule has 0 spiro atoms. The van der Waals surface area contributed by atoms with E-state index in [4.69, 9.17) is 14.2 Å². The van der Waals surface area contributed by atoms with Crippen molar-refractivity contribution in [3.63, 3.8) is 0 Å². The number of hydrogen-bond donors (Lipinski definition) is 0. The minimum atomic E-state index is -0.771. The minimum Gasteiger partial charge on any atom is -0.462 e. The van der Waals surface area contributed by atoms with Crippen LogP contribution in [0.1, 0.15) is 297 Å². The molecule has 1 unspecified atom stereocenters. The molecule has 1 atom stereocenters. The Morgan fingerprint density at radius 3 is 0.926 bits per heavy atom. The van der Waals surface area contributed by atoms with E-state index in [0.717, 1.165) is 89.9 Å². The first-order chi connectivity index (χ1) is 33.5. The summed E-state index contributed by atoms with van der Waals surface area (Å²) < 4.78 is 16.7. The topological polar surface area (TPSA) is 78.9 Å². The second-order valence-electron chi connectivity index (χ2n) is 19.5. The SMILES string of the molecule is CC/C=C\C/C=C\C/C=C\C/C=C\CCCCCCCCCCCCCCCCCCCCC(=O)OCC(COC(=O)CCCCCCCC)OC(=O)CCCCCCC/C=C\CCCCCC. The highest BCUT2D eigenvalue weighted by Crippen LogP contribution is 2.16. The van der Waals surface area contributed by atoms with Crippen LogP contribution in [0, 0.1) is 0 Å². The molecule has 0 bridgehead atoms. The Hall–Kier alpha value is -2.89. The van der Waals surface area contributed by atoms with Crippen molar-refractivity contribution < 1.29 is 28.6 Å². The molecule has 68 heavy (non-hydrogen) atoms. The van der Waals surface area contributed by atoms with Gasteiger partial charge in [-0.25, -0.2) is 0 Å². The van der Waals surface area contributed by atoms with Crippen molar-refractivity contribution in [3.05, 3.63) is 60.8 Å². The number of unbranched alkanes of at least 4 members (excludes halogenated alkanes) is 32. The molecule has 0 aromatic carbocycles. The highest BCUT2D eigenvalue weighted by atomic mass is 16.6. The van der Waals surface area contributed by atoms with Crippen molar-refractivity contribution >= 4 is 17.9 Å². The van der Waals surface area contributed by atoms with Gasteiger partial charge in [-0.3, -0.25) is 14.4 Å². The summed E-state index contributed by atoms with van der Waals surface area (Å²) in [6.07, 6.45) is 71.2. The summed E-state index contributed by atoms with van der Waals surface area (Å²) in [5.74, 6) is -0.882. The van der Waals surface area contributed by atoms with Crippen LogP contribution in [0.4, 0.5) is 0 Å². The van der Waals surface area contributed by atoms with E-state index in [1.807, 2.05) is 0 Å². The van der Waals surface area contributed by atoms with Crippen molar-refractivity contribution in [2.45, 2.75) is 303 Å². The van der Waals surface area contributed by atoms with E-state index in [-0.39, 0.29) is 31.1 Å². The van der Waals surface area contributed by atoms with Gasteiger partial charge in [-0.05, 0) is 83.5 Å². The number of carbonyl (C=O) groups is 3. The lowest BCUT2D eigenvalue weighted by molar-refractivity contribution is -0.167. The monoisotopic (exact) mass is 951 g/mol. The molecule has 6 nitrogen and oxygen atoms in total. The summed E-state index contributed by atoms with van der Waals surface area (Å²) in [5.41, 5.74) is 0. The van der Waals surface area contributed by atoms with E-state index < -0.39 is 6.10 Å². The van der Waals surface area contributed by atoms with Crippen LogP contribution in [0.15, 0.2) is 60.8 Å². The summed E-state index contributed by atoms with van der Waals surface area (Å²) >= 11 is 0. The second kappa shape index (κ2) is 56.7. The molecule has 0 amide bonds. The molecular formula is C62H110O6. The number of carbonyl (C=O) groups excluding carboxylic acids is 3. The zero-order valence-corrected chi connectivity index (χ0v) is 45.1. The van der Waals surface area contributed by atoms with Gasteiger partial charge in [-0.2, -0.15) is 0 Å². The first-order valence-corrected chi connectivity index (χ1v) is 29.3. The predicted octanol–water partition coefficient (Wildman–Crippen LogP) is 19.6. The molecule has 0 aromatic rings. The highest BCUT2D eigenvalue weighted by molar-refractivity contribution is 5.71. The third-order valence-corrected chi connectivity index (χ3v) is 12.8. The maximum atomic E-state index is 12.7. The van der Waals surface area contributed by atoms with Gasteiger partial charge >= 0.3 is 17.9 Å². The van der Waals surface area contributed by atoms with Crippen molar-refractivity contribution in [1.82, 2.24) is 0 Å². The summed E-state index contributed by atoms with van der Waals surface area (Å²) in [5, 5.41) is 0. The van der Waals surface area contributed by atoms with Crippen molar-refractivity contribution in [1.29, 1.82) is 0 Å². The van der Waals surface area contributed by atoms with Crippen LogP contribution >= 0.6 is 0 Å². The van der Waals surface area contributed by atoms with Gasteiger partial charge in [0.1, 0.15) is 13.2 Å². The maximum Gasteiger partial charge on any atom is 0.306 e. The standard InChI is InChI=1S/C62H110O6/c1-4-7-10-13-16-18-20-22-23-24-25-26-27-28-29-30-31-32-33-34-35-36-37-38-39-41-42-44-46-49-52-55-61(64)67-58-59(57-66-60(63)54-51-48-15-12-9-6-3)68-62(65)56-53-50-47-45-43-40-21-19-17-14-11-8-5-2/h7,10,16,18-19,21-23,25-26,59H,4-6,8-9,11-15,17,20,24,27-58H2,1-3H3/b10-7-,18-16-,21-19-,23-22-,26-25-.